The number of nitriles is 1. The van der Waals surface area contributed by atoms with E-state index in [9.17, 15) is 10.1 Å². The molecule has 30 heavy (non-hydrogen) atoms. The molecule has 3 heterocycles. The van der Waals surface area contributed by atoms with Gasteiger partial charge < -0.3 is 15.2 Å². The van der Waals surface area contributed by atoms with E-state index in [2.05, 4.69) is 36.9 Å². The molecule has 2 atom stereocenters. The molecule has 0 saturated heterocycles. The molecule has 2 N–H and O–H groups in total. The minimum atomic E-state index is -0.565. The monoisotopic (exact) mass is 404 g/mol. The molecule has 0 spiro atoms. The zero-order valence-electron chi connectivity index (χ0n) is 16.2. The first kappa shape index (κ1) is 18.3. The van der Waals surface area contributed by atoms with E-state index in [-0.39, 0.29) is 17.6 Å². The highest BCUT2D eigenvalue weighted by atomic mass is 16.5. The smallest absolute Gasteiger partial charge is 0.271 e. The van der Waals surface area contributed by atoms with Crippen molar-refractivity contribution in [3.63, 3.8) is 0 Å². The van der Waals surface area contributed by atoms with Gasteiger partial charge in [-0.15, -0.1) is 0 Å². The van der Waals surface area contributed by atoms with Crippen LogP contribution in [0, 0.1) is 11.3 Å². The van der Waals surface area contributed by atoms with E-state index in [1.165, 1.54) is 10.7 Å². The van der Waals surface area contributed by atoms with Crippen molar-refractivity contribution in [2.24, 2.45) is 0 Å². The predicted octanol–water partition coefficient (Wildman–Crippen LogP) is 2.01. The zero-order chi connectivity index (χ0) is 20.6. The molecule has 2 saturated carbocycles. The molecule has 2 aliphatic carbocycles. The summed E-state index contributed by atoms with van der Waals surface area (Å²) in [7, 11) is 0. The van der Waals surface area contributed by atoms with Crippen molar-refractivity contribution >= 4 is 11.8 Å². The largest absolute Gasteiger partial charge is 0.367 e. The minimum absolute atomic E-state index is 0.197. The van der Waals surface area contributed by atoms with Crippen molar-refractivity contribution in [1.29, 1.82) is 5.26 Å². The van der Waals surface area contributed by atoms with Crippen LogP contribution in [-0.2, 0) is 5.41 Å². The SMILES string of the molecule is N#CC1(c2nc(N[C@H]3CC[C@H](Nc4ccc(-n5ncccc5=O)cn4)C3)no2)CC1. The van der Waals surface area contributed by atoms with Gasteiger partial charge >= 0.3 is 0 Å². The number of nitrogens with zero attached hydrogens (tertiary/aromatic N) is 6. The molecule has 2 aliphatic rings. The molecule has 0 amide bonds. The summed E-state index contributed by atoms with van der Waals surface area (Å²) in [5.74, 6) is 1.61. The maximum absolute atomic E-state index is 11.9. The lowest BCUT2D eigenvalue weighted by atomic mass is 10.1. The highest BCUT2D eigenvalue weighted by Gasteiger charge is 2.50. The second-order valence-corrected chi connectivity index (χ2v) is 7.79. The van der Waals surface area contributed by atoms with Crippen molar-refractivity contribution < 1.29 is 4.52 Å². The molecule has 2 fully saturated rings. The number of hydrogen-bond acceptors (Lipinski definition) is 9. The summed E-state index contributed by atoms with van der Waals surface area (Å²) in [4.78, 5) is 20.6. The molecule has 10 heteroatoms. The molecule has 0 bridgehead atoms. The van der Waals surface area contributed by atoms with Gasteiger partial charge in [0.05, 0.1) is 18.0 Å². The Morgan fingerprint density at radius 1 is 1.20 bits per heavy atom. The van der Waals surface area contributed by atoms with Crippen LogP contribution in [0.4, 0.5) is 11.8 Å². The fraction of sp³-hybridized carbons (Fsp3) is 0.400. The number of hydrogen-bond donors (Lipinski definition) is 2. The van der Waals surface area contributed by atoms with Crippen LogP contribution >= 0.6 is 0 Å². The molecule has 10 nitrogen and oxygen atoms in total. The second-order valence-electron chi connectivity index (χ2n) is 7.79. The average molecular weight is 404 g/mol. The first-order valence-electron chi connectivity index (χ1n) is 9.94. The van der Waals surface area contributed by atoms with Gasteiger partial charge in [-0.05, 0) is 55.5 Å². The predicted molar refractivity (Wildman–Crippen MR) is 107 cm³/mol. The highest BCUT2D eigenvalue weighted by molar-refractivity contribution is 5.41. The molecule has 0 aromatic carbocycles. The van der Waals surface area contributed by atoms with Crippen LogP contribution in [0.15, 0.2) is 46.0 Å². The van der Waals surface area contributed by atoms with Crippen molar-refractivity contribution in [3.05, 3.63) is 52.9 Å². The molecule has 3 aromatic rings. The third kappa shape index (κ3) is 3.50. The highest BCUT2D eigenvalue weighted by Crippen LogP contribution is 2.46. The molecule has 5 rings (SSSR count). The zero-order valence-corrected chi connectivity index (χ0v) is 16.2. The third-order valence-corrected chi connectivity index (χ3v) is 5.63. The second kappa shape index (κ2) is 7.26. The lowest BCUT2D eigenvalue weighted by Gasteiger charge is -2.14. The van der Waals surface area contributed by atoms with E-state index in [1.807, 2.05) is 12.1 Å². The van der Waals surface area contributed by atoms with Gasteiger partial charge in [0.15, 0.2) is 0 Å². The summed E-state index contributed by atoms with van der Waals surface area (Å²) in [5, 5.41) is 24.0. The van der Waals surface area contributed by atoms with Gasteiger partial charge in [0, 0.05) is 24.3 Å². The van der Waals surface area contributed by atoms with E-state index >= 15 is 0 Å². The van der Waals surface area contributed by atoms with Crippen LogP contribution in [0.2, 0.25) is 0 Å². The normalized spacial score (nSPS) is 21.7. The lowest BCUT2D eigenvalue weighted by molar-refractivity contribution is 0.364. The summed E-state index contributed by atoms with van der Waals surface area (Å²) in [6, 6.07) is 9.48. The first-order valence-corrected chi connectivity index (χ1v) is 9.94. The van der Waals surface area contributed by atoms with E-state index in [0.717, 1.165) is 37.9 Å². The molecule has 0 radical (unpaired) electrons. The average Bonchev–Trinajstić information content (AvgIpc) is 3.21. The quantitative estimate of drug-likeness (QED) is 0.632. The lowest BCUT2D eigenvalue weighted by Crippen LogP contribution is -2.22. The molecule has 3 aromatic heterocycles. The van der Waals surface area contributed by atoms with E-state index in [0.29, 0.717) is 17.5 Å². The molecular weight excluding hydrogens is 384 g/mol. The summed E-state index contributed by atoms with van der Waals surface area (Å²) in [5.41, 5.74) is -0.141. The Morgan fingerprint density at radius 3 is 2.73 bits per heavy atom. The van der Waals surface area contributed by atoms with Gasteiger partial charge in [0.25, 0.3) is 11.5 Å². The van der Waals surface area contributed by atoms with Crippen molar-refractivity contribution in [3.8, 4) is 11.8 Å². The van der Waals surface area contributed by atoms with Crippen molar-refractivity contribution in [2.75, 3.05) is 10.6 Å². The summed E-state index contributed by atoms with van der Waals surface area (Å²) >= 11 is 0. The topological polar surface area (TPSA) is 135 Å². The van der Waals surface area contributed by atoms with Crippen LogP contribution < -0.4 is 16.2 Å². The number of pyridine rings is 1. The fourth-order valence-electron chi connectivity index (χ4n) is 3.76. The van der Waals surface area contributed by atoms with Crippen LogP contribution in [0.1, 0.15) is 38.0 Å². The Bertz CT molecular complexity index is 1140. The van der Waals surface area contributed by atoms with Gasteiger partial charge in [-0.2, -0.15) is 20.0 Å². The Kier molecular flexibility index (Phi) is 4.43. The van der Waals surface area contributed by atoms with Crippen LogP contribution in [0.5, 0.6) is 0 Å². The van der Waals surface area contributed by atoms with E-state index < -0.39 is 5.41 Å². The molecule has 0 unspecified atom stereocenters. The van der Waals surface area contributed by atoms with Gasteiger partial charge in [-0.1, -0.05) is 0 Å². The van der Waals surface area contributed by atoms with Gasteiger partial charge in [-0.25, -0.2) is 4.98 Å². The van der Waals surface area contributed by atoms with Gasteiger partial charge in [0.1, 0.15) is 11.2 Å². The van der Waals surface area contributed by atoms with Gasteiger partial charge in [-0.3, -0.25) is 4.79 Å². The summed E-state index contributed by atoms with van der Waals surface area (Å²) in [6.07, 6.45) is 7.58. The Labute approximate surface area is 171 Å². The summed E-state index contributed by atoms with van der Waals surface area (Å²) < 4.78 is 6.58. The van der Waals surface area contributed by atoms with Crippen LogP contribution in [-0.4, -0.2) is 37.0 Å². The van der Waals surface area contributed by atoms with E-state index in [1.54, 1.807) is 18.5 Å². The number of anilines is 2. The maximum atomic E-state index is 11.9. The minimum Gasteiger partial charge on any atom is -0.367 e. The van der Waals surface area contributed by atoms with Crippen molar-refractivity contribution in [2.45, 2.75) is 49.6 Å². The number of aromatic nitrogens is 5. The van der Waals surface area contributed by atoms with Crippen LogP contribution in [0.25, 0.3) is 5.69 Å². The third-order valence-electron chi connectivity index (χ3n) is 5.63. The maximum Gasteiger partial charge on any atom is 0.271 e. The number of nitrogens with one attached hydrogen (secondary N) is 2. The van der Waals surface area contributed by atoms with E-state index in [4.69, 9.17) is 4.52 Å². The molecule has 0 aliphatic heterocycles. The van der Waals surface area contributed by atoms with Gasteiger partial charge in [0.2, 0.25) is 5.89 Å². The Morgan fingerprint density at radius 2 is 2.03 bits per heavy atom. The molecular formula is C20H20N8O2. The summed E-state index contributed by atoms with van der Waals surface area (Å²) in [6.45, 7) is 0. The molecule has 152 valence electrons. The number of rotatable bonds is 6. The Hall–Kier alpha value is -3.74. The Balaban J connectivity index is 1.17. The van der Waals surface area contributed by atoms with Crippen molar-refractivity contribution in [1.82, 2.24) is 24.9 Å². The van der Waals surface area contributed by atoms with Crippen LogP contribution in [0.3, 0.4) is 0 Å². The standard InChI is InChI=1S/C20H20N8O2/c21-12-20(7-8-20)18-26-19(27-30-18)25-14-4-3-13(10-14)24-16-6-5-15(11-22-16)28-17(29)2-1-9-23-28/h1-2,5-6,9,11,13-14H,3-4,7-8,10H2,(H,22,24)(H,25,27)/t13-,14-/m0/s1. The fourth-order valence-corrected chi connectivity index (χ4v) is 3.76. The first-order chi connectivity index (χ1) is 14.6.